The van der Waals surface area contributed by atoms with Crippen LogP contribution >= 0.6 is 11.3 Å². The molecule has 1 amide bonds. The van der Waals surface area contributed by atoms with Gasteiger partial charge >= 0.3 is 0 Å². The summed E-state index contributed by atoms with van der Waals surface area (Å²) in [4.78, 5) is 14.4. The molecule has 1 aromatic heterocycles. The Morgan fingerprint density at radius 3 is 2.70 bits per heavy atom. The molecule has 6 nitrogen and oxygen atoms in total. The minimum atomic E-state index is -3.76. The number of benzene rings is 1. The SMILES string of the molecule is Cc1ccc(S(=O)(=O)N2CCC[C@@H]2C(=O)Nc2sc3c(c2C#N)CC[C@@H](C)C3)cc1. The van der Waals surface area contributed by atoms with Crippen molar-refractivity contribution in [2.75, 3.05) is 11.9 Å². The van der Waals surface area contributed by atoms with Crippen molar-refractivity contribution >= 4 is 32.3 Å². The van der Waals surface area contributed by atoms with Crippen LogP contribution in [0.15, 0.2) is 29.2 Å². The van der Waals surface area contributed by atoms with Gasteiger partial charge in [-0.05, 0) is 62.6 Å². The van der Waals surface area contributed by atoms with E-state index in [-0.39, 0.29) is 10.8 Å². The number of amides is 1. The highest BCUT2D eigenvalue weighted by Crippen LogP contribution is 2.39. The number of nitrogens with one attached hydrogen (secondary N) is 1. The lowest BCUT2D eigenvalue weighted by molar-refractivity contribution is -0.119. The molecule has 1 aliphatic carbocycles. The standard InChI is InChI=1S/C22H25N3O3S2/c1-14-5-8-16(9-6-14)30(27,28)25-11-3-4-19(25)21(26)24-22-18(13-23)17-10-7-15(2)12-20(17)29-22/h5-6,8-9,15,19H,3-4,7,10-12H2,1-2H3,(H,24,26)/t15-,19-/m1/s1. The molecule has 1 saturated heterocycles. The molecule has 0 saturated carbocycles. The van der Waals surface area contributed by atoms with Crippen molar-refractivity contribution in [3.8, 4) is 6.07 Å². The summed E-state index contributed by atoms with van der Waals surface area (Å²) >= 11 is 1.46. The predicted molar refractivity (Wildman–Crippen MR) is 117 cm³/mol. The van der Waals surface area contributed by atoms with Gasteiger partial charge in [-0.3, -0.25) is 4.79 Å². The third-order valence-electron chi connectivity index (χ3n) is 5.99. The van der Waals surface area contributed by atoms with Crippen LogP contribution in [0.3, 0.4) is 0 Å². The second-order valence-electron chi connectivity index (χ2n) is 8.24. The van der Waals surface area contributed by atoms with E-state index in [4.69, 9.17) is 0 Å². The van der Waals surface area contributed by atoms with Gasteiger partial charge in [0.1, 0.15) is 17.1 Å². The number of hydrogen-bond acceptors (Lipinski definition) is 5. The average molecular weight is 444 g/mol. The number of carbonyl (C=O) groups excluding carboxylic acids is 1. The van der Waals surface area contributed by atoms with Gasteiger partial charge in [0.25, 0.3) is 0 Å². The highest BCUT2D eigenvalue weighted by Gasteiger charge is 2.40. The van der Waals surface area contributed by atoms with Crippen molar-refractivity contribution in [1.29, 1.82) is 5.26 Å². The first-order valence-corrected chi connectivity index (χ1v) is 12.5. The second kappa shape index (κ2) is 8.14. The van der Waals surface area contributed by atoms with Crippen LogP contribution in [0, 0.1) is 24.2 Å². The Balaban J connectivity index is 1.58. The van der Waals surface area contributed by atoms with Gasteiger partial charge < -0.3 is 5.32 Å². The number of nitrogens with zero attached hydrogens (tertiary/aromatic N) is 2. The Labute approximate surface area is 181 Å². The van der Waals surface area contributed by atoms with Crippen LogP contribution in [0.2, 0.25) is 0 Å². The number of aryl methyl sites for hydroxylation is 1. The zero-order chi connectivity index (χ0) is 21.5. The number of carbonyl (C=O) groups is 1. The fourth-order valence-electron chi connectivity index (χ4n) is 4.29. The Morgan fingerprint density at radius 1 is 1.27 bits per heavy atom. The van der Waals surface area contributed by atoms with Crippen LogP contribution in [-0.4, -0.2) is 31.2 Å². The van der Waals surface area contributed by atoms with Gasteiger partial charge in [0.05, 0.1) is 10.5 Å². The Morgan fingerprint density at radius 2 is 2.00 bits per heavy atom. The molecule has 1 aliphatic heterocycles. The molecule has 4 rings (SSSR count). The van der Waals surface area contributed by atoms with E-state index in [1.54, 1.807) is 24.3 Å². The van der Waals surface area contributed by atoms with Crippen LogP contribution in [0.25, 0.3) is 0 Å². The minimum absolute atomic E-state index is 0.200. The van der Waals surface area contributed by atoms with Gasteiger partial charge in [0, 0.05) is 11.4 Å². The smallest absolute Gasteiger partial charge is 0.243 e. The van der Waals surface area contributed by atoms with E-state index in [2.05, 4.69) is 18.3 Å². The number of rotatable bonds is 4. The third-order valence-corrected chi connectivity index (χ3v) is 9.09. The molecule has 2 aliphatic rings. The van der Waals surface area contributed by atoms with Gasteiger partial charge in [0.15, 0.2) is 0 Å². The molecule has 0 unspecified atom stereocenters. The lowest BCUT2D eigenvalue weighted by Gasteiger charge is -2.23. The summed E-state index contributed by atoms with van der Waals surface area (Å²) < 4.78 is 27.6. The largest absolute Gasteiger partial charge is 0.315 e. The molecule has 158 valence electrons. The average Bonchev–Trinajstić information content (AvgIpc) is 3.32. The normalized spacial score (nSPS) is 21.8. The lowest BCUT2D eigenvalue weighted by atomic mass is 9.88. The van der Waals surface area contributed by atoms with Crippen molar-refractivity contribution in [3.63, 3.8) is 0 Å². The van der Waals surface area contributed by atoms with E-state index in [0.717, 1.165) is 35.3 Å². The van der Waals surface area contributed by atoms with Crippen molar-refractivity contribution in [2.24, 2.45) is 5.92 Å². The quantitative estimate of drug-likeness (QED) is 0.777. The molecule has 30 heavy (non-hydrogen) atoms. The van der Waals surface area contributed by atoms with Crippen LogP contribution in [0.4, 0.5) is 5.00 Å². The maximum atomic E-state index is 13.1. The zero-order valence-electron chi connectivity index (χ0n) is 17.1. The molecule has 8 heteroatoms. The number of nitriles is 1. The van der Waals surface area contributed by atoms with Crippen molar-refractivity contribution in [2.45, 2.75) is 56.9 Å². The molecule has 2 aromatic rings. The summed E-state index contributed by atoms with van der Waals surface area (Å²) in [6.45, 7) is 4.41. The van der Waals surface area contributed by atoms with Gasteiger partial charge in [-0.1, -0.05) is 24.6 Å². The van der Waals surface area contributed by atoms with Crippen LogP contribution < -0.4 is 5.32 Å². The summed E-state index contributed by atoms with van der Waals surface area (Å²) in [7, 11) is -3.76. The van der Waals surface area contributed by atoms with Crippen molar-refractivity contribution in [3.05, 3.63) is 45.8 Å². The van der Waals surface area contributed by atoms with E-state index >= 15 is 0 Å². The maximum absolute atomic E-state index is 13.1. The Hall–Kier alpha value is -2.21. The second-order valence-corrected chi connectivity index (χ2v) is 11.2. The van der Waals surface area contributed by atoms with E-state index < -0.39 is 16.1 Å². The van der Waals surface area contributed by atoms with E-state index in [0.29, 0.717) is 35.9 Å². The first kappa shape index (κ1) is 21.0. The number of fused-ring (bicyclic) bond motifs is 1. The van der Waals surface area contributed by atoms with Crippen molar-refractivity contribution in [1.82, 2.24) is 4.31 Å². The molecule has 0 bridgehead atoms. The first-order valence-electron chi connectivity index (χ1n) is 10.2. The van der Waals surface area contributed by atoms with Crippen molar-refractivity contribution < 1.29 is 13.2 Å². The first-order chi connectivity index (χ1) is 14.3. The minimum Gasteiger partial charge on any atom is -0.315 e. The number of sulfonamides is 1. The summed E-state index contributed by atoms with van der Waals surface area (Å²) in [5, 5.41) is 13.1. The summed E-state index contributed by atoms with van der Waals surface area (Å²) in [5.74, 6) is 0.211. The van der Waals surface area contributed by atoms with E-state index in [1.165, 1.54) is 15.6 Å². The molecule has 1 aromatic carbocycles. The molecule has 1 N–H and O–H groups in total. The van der Waals surface area contributed by atoms with Crippen LogP contribution in [-0.2, 0) is 27.7 Å². The molecule has 2 heterocycles. The topological polar surface area (TPSA) is 90.3 Å². The molecule has 0 spiro atoms. The highest BCUT2D eigenvalue weighted by atomic mass is 32.2. The van der Waals surface area contributed by atoms with Gasteiger partial charge in [-0.25, -0.2) is 8.42 Å². The van der Waals surface area contributed by atoms with Crippen LogP contribution in [0.1, 0.15) is 47.8 Å². The maximum Gasteiger partial charge on any atom is 0.243 e. The van der Waals surface area contributed by atoms with Crippen LogP contribution in [0.5, 0.6) is 0 Å². The van der Waals surface area contributed by atoms with Gasteiger partial charge in [-0.15, -0.1) is 11.3 Å². The molecule has 1 fully saturated rings. The summed E-state index contributed by atoms with van der Waals surface area (Å²) in [6, 6.07) is 8.17. The zero-order valence-corrected chi connectivity index (χ0v) is 18.8. The lowest BCUT2D eigenvalue weighted by Crippen LogP contribution is -2.43. The summed E-state index contributed by atoms with van der Waals surface area (Å²) in [6.07, 6.45) is 3.91. The fraction of sp³-hybridized carbons (Fsp3) is 0.455. The molecular weight excluding hydrogens is 418 g/mol. The number of hydrogen-bond donors (Lipinski definition) is 1. The third kappa shape index (κ3) is 3.78. The predicted octanol–water partition coefficient (Wildman–Crippen LogP) is 3.84. The van der Waals surface area contributed by atoms with Gasteiger partial charge in [0.2, 0.25) is 15.9 Å². The Bertz CT molecular complexity index is 1110. The number of thiophene rings is 1. The van der Waals surface area contributed by atoms with E-state index in [1.807, 2.05) is 6.92 Å². The number of anilines is 1. The van der Waals surface area contributed by atoms with Gasteiger partial charge in [-0.2, -0.15) is 9.57 Å². The molecule has 2 atom stereocenters. The molecule has 0 radical (unpaired) electrons. The van der Waals surface area contributed by atoms with E-state index in [9.17, 15) is 18.5 Å². The summed E-state index contributed by atoms with van der Waals surface area (Å²) in [5.41, 5.74) is 2.57. The highest BCUT2D eigenvalue weighted by molar-refractivity contribution is 7.89. The Kier molecular flexibility index (Phi) is 5.71. The molecular formula is C22H25N3O3S2. The fourth-order valence-corrected chi connectivity index (χ4v) is 7.31. The monoisotopic (exact) mass is 443 g/mol.